The number of aryl methyl sites for hydroxylation is 1. The van der Waals surface area contributed by atoms with Gasteiger partial charge in [-0.25, -0.2) is 0 Å². The van der Waals surface area contributed by atoms with Gasteiger partial charge < -0.3 is 9.30 Å². The number of ether oxygens (including phenoxy) is 1. The number of methoxy groups -OCH3 is 1. The van der Waals surface area contributed by atoms with Gasteiger partial charge in [-0.15, -0.1) is 0 Å². The van der Waals surface area contributed by atoms with Crippen molar-refractivity contribution in [2.24, 2.45) is 0 Å². The highest BCUT2D eigenvalue weighted by Gasteiger charge is 2.07. The molecule has 13 heavy (non-hydrogen) atoms. The monoisotopic (exact) mass is 181 g/mol. The second-order valence-electron chi connectivity index (χ2n) is 3.72. The van der Waals surface area contributed by atoms with Crippen LogP contribution in [0.15, 0.2) is 6.20 Å². The Kier molecular flexibility index (Phi) is 3.15. The van der Waals surface area contributed by atoms with E-state index in [1.807, 2.05) is 0 Å². The first-order chi connectivity index (χ1) is 6.06. The summed E-state index contributed by atoms with van der Waals surface area (Å²) in [7, 11) is 1.75. The van der Waals surface area contributed by atoms with Crippen molar-refractivity contribution < 1.29 is 4.74 Å². The van der Waals surface area contributed by atoms with Gasteiger partial charge >= 0.3 is 0 Å². The Morgan fingerprint density at radius 2 is 2.00 bits per heavy atom. The zero-order valence-corrected chi connectivity index (χ0v) is 9.22. The van der Waals surface area contributed by atoms with Gasteiger partial charge in [-0.2, -0.15) is 0 Å². The summed E-state index contributed by atoms with van der Waals surface area (Å²) in [6, 6.07) is 0. The van der Waals surface area contributed by atoms with Crippen molar-refractivity contribution in [3.63, 3.8) is 0 Å². The summed E-state index contributed by atoms with van der Waals surface area (Å²) in [4.78, 5) is 0. The SMILES string of the molecule is COC(C)Cn1cc(C)c(C)c1C. The van der Waals surface area contributed by atoms with Crippen LogP contribution in [0, 0.1) is 20.8 Å². The van der Waals surface area contributed by atoms with Gasteiger partial charge in [-0.3, -0.25) is 0 Å². The average Bonchev–Trinajstić information content (AvgIpc) is 2.34. The minimum Gasteiger partial charge on any atom is -0.380 e. The van der Waals surface area contributed by atoms with Crippen molar-refractivity contribution in [3.8, 4) is 0 Å². The molecule has 1 aromatic rings. The number of aromatic nitrogens is 1. The van der Waals surface area contributed by atoms with E-state index < -0.39 is 0 Å². The fourth-order valence-corrected chi connectivity index (χ4v) is 1.47. The maximum Gasteiger partial charge on any atom is 0.0722 e. The lowest BCUT2D eigenvalue weighted by Crippen LogP contribution is -2.14. The van der Waals surface area contributed by atoms with Crippen molar-refractivity contribution in [1.29, 1.82) is 0 Å². The van der Waals surface area contributed by atoms with E-state index >= 15 is 0 Å². The van der Waals surface area contributed by atoms with Gasteiger partial charge in [0, 0.05) is 25.5 Å². The summed E-state index contributed by atoms with van der Waals surface area (Å²) in [5.74, 6) is 0. The van der Waals surface area contributed by atoms with Crippen LogP contribution in [0.1, 0.15) is 23.7 Å². The topological polar surface area (TPSA) is 14.2 Å². The molecular formula is C11H19NO. The Balaban J connectivity index is 2.83. The minimum atomic E-state index is 0.282. The molecule has 0 radical (unpaired) electrons. The average molecular weight is 181 g/mol. The molecule has 0 aromatic carbocycles. The number of hydrogen-bond donors (Lipinski definition) is 0. The zero-order chi connectivity index (χ0) is 10.0. The Hall–Kier alpha value is -0.760. The van der Waals surface area contributed by atoms with Crippen molar-refractivity contribution in [1.82, 2.24) is 4.57 Å². The smallest absolute Gasteiger partial charge is 0.0722 e. The van der Waals surface area contributed by atoms with E-state index in [1.54, 1.807) is 7.11 Å². The number of hydrogen-bond acceptors (Lipinski definition) is 1. The van der Waals surface area contributed by atoms with Gasteiger partial charge in [0.25, 0.3) is 0 Å². The number of nitrogens with zero attached hydrogens (tertiary/aromatic N) is 1. The van der Waals surface area contributed by atoms with Crippen molar-refractivity contribution in [3.05, 3.63) is 23.0 Å². The van der Waals surface area contributed by atoms with Gasteiger partial charge in [0.1, 0.15) is 0 Å². The lowest BCUT2D eigenvalue weighted by Gasteiger charge is -2.12. The molecule has 0 amide bonds. The molecule has 0 spiro atoms. The predicted octanol–water partition coefficient (Wildman–Crippen LogP) is 2.45. The molecule has 2 heteroatoms. The van der Waals surface area contributed by atoms with Crippen molar-refractivity contribution >= 4 is 0 Å². The highest BCUT2D eigenvalue weighted by Crippen LogP contribution is 2.15. The summed E-state index contributed by atoms with van der Waals surface area (Å²) < 4.78 is 7.50. The summed E-state index contributed by atoms with van der Waals surface area (Å²) in [5.41, 5.74) is 4.10. The molecule has 1 atom stereocenters. The van der Waals surface area contributed by atoms with E-state index in [9.17, 15) is 0 Å². The van der Waals surface area contributed by atoms with Gasteiger partial charge in [0.2, 0.25) is 0 Å². The second kappa shape index (κ2) is 3.97. The first-order valence-electron chi connectivity index (χ1n) is 4.72. The number of rotatable bonds is 3. The second-order valence-corrected chi connectivity index (χ2v) is 3.72. The van der Waals surface area contributed by atoms with Crippen molar-refractivity contribution in [2.45, 2.75) is 40.3 Å². The van der Waals surface area contributed by atoms with Crippen molar-refractivity contribution in [2.75, 3.05) is 7.11 Å². The fraction of sp³-hybridized carbons (Fsp3) is 0.636. The normalized spacial score (nSPS) is 13.3. The third kappa shape index (κ3) is 2.13. The highest BCUT2D eigenvalue weighted by atomic mass is 16.5. The van der Waals surface area contributed by atoms with Crippen LogP contribution in [0.25, 0.3) is 0 Å². The summed E-state index contributed by atoms with van der Waals surface area (Å²) in [6.07, 6.45) is 2.48. The molecule has 1 unspecified atom stereocenters. The summed E-state index contributed by atoms with van der Waals surface area (Å²) in [6.45, 7) is 9.50. The molecule has 2 nitrogen and oxygen atoms in total. The van der Waals surface area contributed by atoms with E-state index in [0.29, 0.717) is 0 Å². The Morgan fingerprint density at radius 1 is 1.38 bits per heavy atom. The molecular weight excluding hydrogens is 162 g/mol. The highest BCUT2D eigenvalue weighted by molar-refractivity contribution is 5.28. The van der Waals surface area contributed by atoms with Crippen LogP contribution in [0.2, 0.25) is 0 Å². The van der Waals surface area contributed by atoms with Crippen LogP contribution in [-0.2, 0) is 11.3 Å². The summed E-state index contributed by atoms with van der Waals surface area (Å²) in [5, 5.41) is 0. The maximum absolute atomic E-state index is 5.24. The molecule has 0 saturated heterocycles. The van der Waals surface area contributed by atoms with E-state index in [2.05, 4.69) is 38.5 Å². The third-order valence-corrected chi connectivity index (χ3v) is 2.77. The summed E-state index contributed by atoms with van der Waals surface area (Å²) >= 11 is 0. The molecule has 1 aromatic heterocycles. The van der Waals surface area contributed by atoms with Crippen LogP contribution in [-0.4, -0.2) is 17.8 Å². The molecule has 0 fully saturated rings. The first-order valence-corrected chi connectivity index (χ1v) is 4.72. The zero-order valence-electron chi connectivity index (χ0n) is 9.22. The lowest BCUT2D eigenvalue weighted by molar-refractivity contribution is 0.103. The molecule has 74 valence electrons. The van der Waals surface area contributed by atoms with Crippen LogP contribution >= 0.6 is 0 Å². The van der Waals surface area contributed by atoms with Crippen LogP contribution in [0.5, 0.6) is 0 Å². The molecule has 1 heterocycles. The molecule has 0 aliphatic carbocycles. The third-order valence-electron chi connectivity index (χ3n) is 2.77. The predicted molar refractivity (Wildman–Crippen MR) is 55.1 cm³/mol. The molecule has 0 aliphatic heterocycles. The van der Waals surface area contributed by atoms with Crippen LogP contribution in [0.4, 0.5) is 0 Å². The fourth-order valence-electron chi connectivity index (χ4n) is 1.47. The molecule has 0 bridgehead atoms. The van der Waals surface area contributed by atoms with E-state index in [1.165, 1.54) is 16.8 Å². The molecule has 0 N–H and O–H groups in total. The first kappa shape index (κ1) is 10.3. The van der Waals surface area contributed by atoms with E-state index in [-0.39, 0.29) is 6.10 Å². The van der Waals surface area contributed by atoms with Gasteiger partial charge in [0.15, 0.2) is 0 Å². The Bertz CT molecular complexity index is 289. The van der Waals surface area contributed by atoms with Gasteiger partial charge in [-0.1, -0.05) is 0 Å². The van der Waals surface area contributed by atoms with E-state index in [0.717, 1.165) is 6.54 Å². The van der Waals surface area contributed by atoms with E-state index in [4.69, 9.17) is 4.74 Å². The standard InChI is InChI=1S/C11H19NO/c1-8-6-12(7-9(2)13-5)11(4)10(8)3/h6,9H,7H2,1-5H3. The minimum absolute atomic E-state index is 0.282. The Morgan fingerprint density at radius 3 is 2.38 bits per heavy atom. The lowest BCUT2D eigenvalue weighted by atomic mass is 10.2. The van der Waals surface area contributed by atoms with Gasteiger partial charge in [-0.05, 0) is 38.8 Å². The maximum atomic E-state index is 5.24. The molecule has 0 saturated carbocycles. The molecule has 1 rings (SSSR count). The van der Waals surface area contributed by atoms with Crippen LogP contribution < -0.4 is 0 Å². The van der Waals surface area contributed by atoms with Gasteiger partial charge in [0.05, 0.1) is 6.10 Å². The molecule has 0 aliphatic rings. The quantitative estimate of drug-likeness (QED) is 0.698. The van der Waals surface area contributed by atoms with Crippen LogP contribution in [0.3, 0.4) is 0 Å². The Labute approximate surface area is 80.5 Å². The largest absolute Gasteiger partial charge is 0.380 e.